The van der Waals surface area contributed by atoms with Crippen LogP contribution < -0.4 is 5.32 Å². The highest BCUT2D eigenvalue weighted by Crippen LogP contribution is 2.51. The molecule has 0 aliphatic heterocycles. The molecule has 0 saturated heterocycles. The van der Waals surface area contributed by atoms with Crippen LogP contribution in [0.1, 0.15) is 26.0 Å². The standard InChI is InChI=1S/C16H20N2/c1-11-8-15(17-10-12-9-16(12,2)3)13-6-4-5-7-14(13)18-11/h4-8,12H,9-10H2,1-3H3,(H,17,18). The summed E-state index contributed by atoms with van der Waals surface area (Å²) >= 11 is 0. The largest absolute Gasteiger partial charge is 0.384 e. The molecule has 1 aromatic carbocycles. The Morgan fingerprint density at radius 3 is 2.78 bits per heavy atom. The van der Waals surface area contributed by atoms with Gasteiger partial charge in [-0.3, -0.25) is 4.98 Å². The molecule has 1 heterocycles. The van der Waals surface area contributed by atoms with E-state index < -0.39 is 0 Å². The van der Waals surface area contributed by atoms with Crippen LogP contribution in [0.4, 0.5) is 5.69 Å². The summed E-state index contributed by atoms with van der Waals surface area (Å²) in [6.45, 7) is 7.81. The van der Waals surface area contributed by atoms with Gasteiger partial charge in [-0.05, 0) is 36.8 Å². The molecule has 3 rings (SSSR count). The first-order valence-corrected chi connectivity index (χ1v) is 6.66. The average molecular weight is 240 g/mol. The fraction of sp³-hybridized carbons (Fsp3) is 0.438. The van der Waals surface area contributed by atoms with Gasteiger partial charge in [-0.1, -0.05) is 32.0 Å². The van der Waals surface area contributed by atoms with Gasteiger partial charge in [0, 0.05) is 23.3 Å². The Morgan fingerprint density at radius 2 is 2.06 bits per heavy atom. The average Bonchev–Trinajstić information content (AvgIpc) is 2.94. The number of para-hydroxylation sites is 1. The Bertz CT molecular complexity index is 587. The Labute approximate surface area is 108 Å². The summed E-state index contributed by atoms with van der Waals surface area (Å²) < 4.78 is 0. The number of nitrogens with zero attached hydrogens (tertiary/aromatic N) is 1. The maximum atomic E-state index is 4.57. The summed E-state index contributed by atoms with van der Waals surface area (Å²) in [5, 5.41) is 4.83. The molecule has 1 aromatic heterocycles. The van der Waals surface area contributed by atoms with Crippen molar-refractivity contribution in [3.05, 3.63) is 36.0 Å². The first-order valence-electron chi connectivity index (χ1n) is 6.66. The number of rotatable bonds is 3. The van der Waals surface area contributed by atoms with Crippen LogP contribution in [0.25, 0.3) is 10.9 Å². The minimum absolute atomic E-state index is 0.533. The van der Waals surface area contributed by atoms with Crippen molar-refractivity contribution in [2.75, 3.05) is 11.9 Å². The van der Waals surface area contributed by atoms with E-state index in [4.69, 9.17) is 0 Å². The van der Waals surface area contributed by atoms with Crippen LogP contribution in [-0.2, 0) is 0 Å². The number of hydrogen-bond donors (Lipinski definition) is 1. The van der Waals surface area contributed by atoms with Crippen LogP contribution in [0, 0.1) is 18.3 Å². The molecule has 1 N–H and O–H groups in total. The zero-order valence-electron chi connectivity index (χ0n) is 11.3. The van der Waals surface area contributed by atoms with Crippen molar-refractivity contribution >= 4 is 16.6 Å². The minimum Gasteiger partial charge on any atom is -0.384 e. The lowest BCUT2D eigenvalue weighted by molar-refractivity contribution is 0.573. The molecule has 1 aliphatic rings. The van der Waals surface area contributed by atoms with E-state index in [0.29, 0.717) is 5.41 Å². The first kappa shape index (κ1) is 11.5. The third kappa shape index (κ3) is 2.07. The summed E-state index contributed by atoms with van der Waals surface area (Å²) in [6, 6.07) is 10.5. The molecule has 2 heteroatoms. The molecule has 1 saturated carbocycles. The summed E-state index contributed by atoms with van der Waals surface area (Å²) in [7, 11) is 0. The highest BCUT2D eigenvalue weighted by Gasteiger charge is 2.44. The quantitative estimate of drug-likeness (QED) is 0.877. The second-order valence-corrected chi connectivity index (χ2v) is 6.10. The highest BCUT2D eigenvalue weighted by molar-refractivity contribution is 5.91. The van der Waals surface area contributed by atoms with E-state index in [2.05, 4.69) is 55.3 Å². The predicted octanol–water partition coefficient (Wildman–Crippen LogP) is 4.00. The Kier molecular flexibility index (Phi) is 2.54. The number of pyridine rings is 1. The lowest BCUT2D eigenvalue weighted by Crippen LogP contribution is -2.08. The normalized spacial score (nSPS) is 20.9. The molecule has 1 atom stereocenters. The molecule has 1 fully saturated rings. The maximum Gasteiger partial charge on any atom is 0.0725 e. The van der Waals surface area contributed by atoms with Gasteiger partial charge in [0.25, 0.3) is 0 Å². The monoisotopic (exact) mass is 240 g/mol. The molecular weight excluding hydrogens is 220 g/mol. The molecule has 1 unspecified atom stereocenters. The van der Waals surface area contributed by atoms with Crippen LogP contribution in [0.15, 0.2) is 30.3 Å². The lowest BCUT2D eigenvalue weighted by atomic mass is 10.1. The number of anilines is 1. The Morgan fingerprint density at radius 1 is 1.33 bits per heavy atom. The van der Waals surface area contributed by atoms with E-state index in [0.717, 1.165) is 23.7 Å². The molecular formula is C16H20N2. The van der Waals surface area contributed by atoms with E-state index in [1.165, 1.54) is 17.5 Å². The smallest absolute Gasteiger partial charge is 0.0725 e. The van der Waals surface area contributed by atoms with Gasteiger partial charge >= 0.3 is 0 Å². The number of aromatic nitrogens is 1. The van der Waals surface area contributed by atoms with Crippen LogP contribution in [0.2, 0.25) is 0 Å². The lowest BCUT2D eigenvalue weighted by Gasteiger charge is -2.11. The van der Waals surface area contributed by atoms with Gasteiger partial charge in [0.2, 0.25) is 0 Å². The van der Waals surface area contributed by atoms with Crippen LogP contribution in [-0.4, -0.2) is 11.5 Å². The van der Waals surface area contributed by atoms with Gasteiger partial charge in [-0.15, -0.1) is 0 Å². The van der Waals surface area contributed by atoms with E-state index in [1.807, 2.05) is 6.07 Å². The van der Waals surface area contributed by atoms with Crippen molar-refractivity contribution in [3.63, 3.8) is 0 Å². The van der Waals surface area contributed by atoms with Crippen molar-refractivity contribution in [1.82, 2.24) is 4.98 Å². The molecule has 0 bridgehead atoms. The Hall–Kier alpha value is -1.57. The van der Waals surface area contributed by atoms with Crippen molar-refractivity contribution in [2.24, 2.45) is 11.3 Å². The molecule has 0 radical (unpaired) electrons. The molecule has 0 spiro atoms. The zero-order chi connectivity index (χ0) is 12.8. The second kappa shape index (κ2) is 3.98. The fourth-order valence-corrected chi connectivity index (χ4v) is 2.61. The third-order valence-corrected chi connectivity index (χ3v) is 4.10. The van der Waals surface area contributed by atoms with Crippen molar-refractivity contribution in [2.45, 2.75) is 27.2 Å². The second-order valence-electron chi connectivity index (χ2n) is 6.10. The predicted molar refractivity (Wildman–Crippen MR) is 76.9 cm³/mol. The molecule has 0 amide bonds. The van der Waals surface area contributed by atoms with Gasteiger partial charge in [0.15, 0.2) is 0 Å². The fourth-order valence-electron chi connectivity index (χ4n) is 2.61. The number of benzene rings is 1. The summed E-state index contributed by atoms with van der Waals surface area (Å²) in [5.41, 5.74) is 3.91. The summed E-state index contributed by atoms with van der Waals surface area (Å²) in [5.74, 6) is 0.810. The van der Waals surface area contributed by atoms with E-state index in [9.17, 15) is 0 Å². The minimum atomic E-state index is 0.533. The molecule has 2 aromatic rings. The highest BCUT2D eigenvalue weighted by atomic mass is 14.9. The van der Waals surface area contributed by atoms with E-state index in [-0.39, 0.29) is 0 Å². The maximum absolute atomic E-state index is 4.57. The number of aryl methyl sites for hydroxylation is 1. The van der Waals surface area contributed by atoms with Crippen molar-refractivity contribution in [3.8, 4) is 0 Å². The SMILES string of the molecule is Cc1cc(NCC2CC2(C)C)c2ccccc2n1. The third-order valence-electron chi connectivity index (χ3n) is 4.10. The van der Waals surface area contributed by atoms with Gasteiger partial charge in [-0.2, -0.15) is 0 Å². The van der Waals surface area contributed by atoms with E-state index >= 15 is 0 Å². The molecule has 1 aliphatic carbocycles. The number of fused-ring (bicyclic) bond motifs is 1. The number of nitrogens with one attached hydrogen (secondary N) is 1. The van der Waals surface area contributed by atoms with Crippen LogP contribution in [0.5, 0.6) is 0 Å². The molecule has 94 valence electrons. The van der Waals surface area contributed by atoms with Crippen molar-refractivity contribution in [1.29, 1.82) is 0 Å². The van der Waals surface area contributed by atoms with Crippen LogP contribution >= 0.6 is 0 Å². The molecule has 18 heavy (non-hydrogen) atoms. The first-order chi connectivity index (χ1) is 8.56. The van der Waals surface area contributed by atoms with Crippen LogP contribution in [0.3, 0.4) is 0 Å². The Balaban J connectivity index is 1.87. The topological polar surface area (TPSA) is 24.9 Å². The van der Waals surface area contributed by atoms with Gasteiger partial charge in [-0.25, -0.2) is 0 Å². The van der Waals surface area contributed by atoms with Gasteiger partial charge in [0.05, 0.1) is 5.52 Å². The molecule has 2 nitrogen and oxygen atoms in total. The van der Waals surface area contributed by atoms with Crippen molar-refractivity contribution < 1.29 is 0 Å². The van der Waals surface area contributed by atoms with E-state index in [1.54, 1.807) is 0 Å². The zero-order valence-corrected chi connectivity index (χ0v) is 11.3. The van der Waals surface area contributed by atoms with Gasteiger partial charge in [0.1, 0.15) is 0 Å². The summed E-state index contributed by atoms with van der Waals surface area (Å²) in [6.07, 6.45) is 1.34. The summed E-state index contributed by atoms with van der Waals surface area (Å²) in [4.78, 5) is 4.57. The van der Waals surface area contributed by atoms with Gasteiger partial charge < -0.3 is 5.32 Å². The number of hydrogen-bond acceptors (Lipinski definition) is 2.